The highest BCUT2D eigenvalue weighted by molar-refractivity contribution is 7.89. The van der Waals surface area contributed by atoms with Crippen LogP contribution in [-0.4, -0.2) is 40.9 Å². The standard InChI is InChI=1S/C19H25NO5S/c1-24-18-9-8-17(14-19(18)25-2)26(22,23)20-12-10-16(11-13-21)15-6-4-3-5-7-15/h3-9,14,16,20-21H,10-13H2,1-2H3. The van der Waals surface area contributed by atoms with Gasteiger partial charge in [0.25, 0.3) is 0 Å². The molecule has 0 aliphatic heterocycles. The molecule has 6 nitrogen and oxygen atoms in total. The van der Waals surface area contributed by atoms with Crippen molar-refractivity contribution in [2.75, 3.05) is 27.4 Å². The van der Waals surface area contributed by atoms with Gasteiger partial charge in [0.1, 0.15) is 0 Å². The first-order valence-electron chi connectivity index (χ1n) is 8.39. The molecular formula is C19H25NO5S. The van der Waals surface area contributed by atoms with Gasteiger partial charge in [-0.2, -0.15) is 0 Å². The molecule has 0 fully saturated rings. The molecule has 0 aromatic heterocycles. The summed E-state index contributed by atoms with van der Waals surface area (Å²) in [7, 11) is -0.704. The normalized spacial score (nSPS) is 12.6. The predicted molar refractivity (Wildman–Crippen MR) is 100 cm³/mol. The molecule has 1 atom stereocenters. The number of benzene rings is 2. The van der Waals surface area contributed by atoms with Crippen LogP contribution in [0.4, 0.5) is 0 Å². The van der Waals surface area contributed by atoms with Crippen molar-refractivity contribution in [3.8, 4) is 11.5 Å². The lowest BCUT2D eigenvalue weighted by molar-refractivity contribution is 0.273. The second-order valence-electron chi connectivity index (χ2n) is 5.82. The van der Waals surface area contributed by atoms with E-state index in [4.69, 9.17) is 9.47 Å². The summed E-state index contributed by atoms with van der Waals surface area (Å²) in [6, 6.07) is 14.3. The number of rotatable bonds is 10. The zero-order valence-corrected chi connectivity index (χ0v) is 15.8. The zero-order valence-electron chi connectivity index (χ0n) is 15.0. The molecule has 0 radical (unpaired) electrons. The van der Waals surface area contributed by atoms with Crippen molar-refractivity contribution in [3.63, 3.8) is 0 Å². The Bertz CT molecular complexity index is 793. The Morgan fingerprint density at radius 2 is 1.69 bits per heavy atom. The molecule has 0 bridgehead atoms. The Balaban J connectivity index is 2.05. The molecule has 2 aromatic carbocycles. The molecule has 142 valence electrons. The molecule has 0 saturated heterocycles. The third-order valence-corrected chi connectivity index (χ3v) is 5.66. The predicted octanol–water partition coefficient (Wildman–Crippen LogP) is 2.54. The van der Waals surface area contributed by atoms with E-state index in [1.165, 1.54) is 26.4 Å². The van der Waals surface area contributed by atoms with E-state index in [1.54, 1.807) is 6.07 Å². The van der Waals surface area contributed by atoms with Crippen molar-refractivity contribution < 1.29 is 23.0 Å². The molecule has 0 aliphatic carbocycles. The summed E-state index contributed by atoms with van der Waals surface area (Å²) in [5.41, 5.74) is 1.09. The van der Waals surface area contributed by atoms with Crippen LogP contribution in [0.1, 0.15) is 24.3 Å². The van der Waals surface area contributed by atoms with Crippen LogP contribution < -0.4 is 14.2 Å². The molecule has 0 heterocycles. The van der Waals surface area contributed by atoms with E-state index < -0.39 is 10.0 Å². The Kier molecular flexibility index (Phi) is 7.44. The maximum atomic E-state index is 12.5. The van der Waals surface area contributed by atoms with Crippen molar-refractivity contribution in [2.24, 2.45) is 0 Å². The van der Waals surface area contributed by atoms with E-state index in [9.17, 15) is 13.5 Å². The molecule has 2 rings (SSSR count). The topological polar surface area (TPSA) is 84.9 Å². The number of aliphatic hydroxyl groups excluding tert-OH is 1. The first kappa shape index (κ1) is 20.2. The first-order valence-corrected chi connectivity index (χ1v) is 9.87. The van der Waals surface area contributed by atoms with E-state index in [-0.39, 0.29) is 24.0 Å². The Morgan fingerprint density at radius 1 is 1.00 bits per heavy atom. The maximum Gasteiger partial charge on any atom is 0.240 e. The van der Waals surface area contributed by atoms with Gasteiger partial charge in [-0.15, -0.1) is 0 Å². The highest BCUT2D eigenvalue weighted by Crippen LogP contribution is 2.29. The van der Waals surface area contributed by atoms with Crippen LogP contribution in [-0.2, 0) is 10.0 Å². The molecule has 7 heteroatoms. The average molecular weight is 379 g/mol. The van der Waals surface area contributed by atoms with Gasteiger partial charge < -0.3 is 14.6 Å². The van der Waals surface area contributed by atoms with Gasteiger partial charge in [-0.1, -0.05) is 30.3 Å². The Morgan fingerprint density at radius 3 is 2.31 bits per heavy atom. The second-order valence-corrected chi connectivity index (χ2v) is 7.59. The lowest BCUT2D eigenvalue weighted by atomic mass is 9.93. The lowest BCUT2D eigenvalue weighted by Crippen LogP contribution is -2.26. The lowest BCUT2D eigenvalue weighted by Gasteiger charge is -2.17. The van der Waals surface area contributed by atoms with Crippen LogP contribution in [0, 0.1) is 0 Å². The van der Waals surface area contributed by atoms with Gasteiger partial charge in [-0.3, -0.25) is 0 Å². The second kappa shape index (κ2) is 9.56. The van der Waals surface area contributed by atoms with Crippen molar-refractivity contribution in [2.45, 2.75) is 23.7 Å². The van der Waals surface area contributed by atoms with Gasteiger partial charge >= 0.3 is 0 Å². The highest BCUT2D eigenvalue weighted by atomic mass is 32.2. The van der Waals surface area contributed by atoms with Crippen molar-refractivity contribution >= 4 is 10.0 Å². The average Bonchev–Trinajstić information content (AvgIpc) is 2.67. The molecule has 0 amide bonds. The zero-order chi connectivity index (χ0) is 19.0. The van der Waals surface area contributed by atoms with E-state index in [2.05, 4.69) is 4.72 Å². The third-order valence-electron chi connectivity index (χ3n) is 4.20. The van der Waals surface area contributed by atoms with Crippen LogP contribution in [0.15, 0.2) is 53.4 Å². The number of hydrogen-bond donors (Lipinski definition) is 2. The minimum Gasteiger partial charge on any atom is -0.493 e. The first-order chi connectivity index (χ1) is 12.5. The van der Waals surface area contributed by atoms with Crippen LogP contribution >= 0.6 is 0 Å². The van der Waals surface area contributed by atoms with Crippen molar-refractivity contribution in [1.29, 1.82) is 0 Å². The minimum absolute atomic E-state index is 0.0575. The van der Waals surface area contributed by atoms with Crippen LogP contribution in [0.3, 0.4) is 0 Å². The van der Waals surface area contributed by atoms with Crippen LogP contribution in [0.25, 0.3) is 0 Å². The van der Waals surface area contributed by atoms with Gasteiger partial charge in [0, 0.05) is 19.2 Å². The number of aliphatic hydroxyl groups is 1. The Labute approximate surface area is 154 Å². The fourth-order valence-electron chi connectivity index (χ4n) is 2.79. The molecule has 2 N–H and O–H groups in total. The largest absolute Gasteiger partial charge is 0.493 e. The van der Waals surface area contributed by atoms with Gasteiger partial charge in [-0.05, 0) is 36.5 Å². The van der Waals surface area contributed by atoms with Crippen LogP contribution in [0.5, 0.6) is 11.5 Å². The van der Waals surface area contributed by atoms with Gasteiger partial charge in [0.15, 0.2) is 11.5 Å². The molecule has 26 heavy (non-hydrogen) atoms. The summed E-state index contributed by atoms with van der Waals surface area (Å²) in [6.45, 7) is 0.332. The van der Waals surface area contributed by atoms with Crippen LogP contribution in [0.2, 0.25) is 0 Å². The van der Waals surface area contributed by atoms with E-state index in [1.807, 2.05) is 30.3 Å². The maximum absolute atomic E-state index is 12.5. The number of sulfonamides is 1. The number of nitrogens with one attached hydrogen (secondary N) is 1. The summed E-state index contributed by atoms with van der Waals surface area (Å²) in [5.74, 6) is 0.922. The Hall–Kier alpha value is -2.09. The summed E-state index contributed by atoms with van der Waals surface area (Å²) >= 11 is 0. The van der Waals surface area contributed by atoms with E-state index in [0.29, 0.717) is 24.3 Å². The smallest absolute Gasteiger partial charge is 0.240 e. The number of ether oxygens (including phenoxy) is 2. The van der Waals surface area contributed by atoms with Gasteiger partial charge in [0.2, 0.25) is 10.0 Å². The molecule has 0 saturated carbocycles. The molecule has 0 aliphatic rings. The fourth-order valence-corrected chi connectivity index (χ4v) is 3.86. The van der Waals surface area contributed by atoms with E-state index >= 15 is 0 Å². The third kappa shape index (κ3) is 5.20. The number of hydrogen-bond acceptors (Lipinski definition) is 5. The number of methoxy groups -OCH3 is 2. The van der Waals surface area contributed by atoms with Crippen molar-refractivity contribution in [1.82, 2.24) is 4.72 Å². The van der Waals surface area contributed by atoms with Gasteiger partial charge in [-0.25, -0.2) is 13.1 Å². The fraction of sp³-hybridized carbons (Fsp3) is 0.368. The van der Waals surface area contributed by atoms with Crippen molar-refractivity contribution in [3.05, 3.63) is 54.1 Å². The summed E-state index contributed by atoms with van der Waals surface area (Å²) in [6.07, 6.45) is 1.18. The van der Waals surface area contributed by atoms with Gasteiger partial charge in [0.05, 0.1) is 19.1 Å². The molecular weight excluding hydrogens is 354 g/mol. The highest BCUT2D eigenvalue weighted by Gasteiger charge is 2.18. The summed E-state index contributed by atoms with van der Waals surface area (Å²) in [5, 5.41) is 9.28. The SMILES string of the molecule is COc1ccc(S(=O)(=O)NCCC(CCO)c2ccccc2)cc1OC. The monoisotopic (exact) mass is 379 g/mol. The summed E-state index contributed by atoms with van der Waals surface area (Å²) in [4.78, 5) is 0.119. The minimum atomic E-state index is -3.66. The molecule has 2 aromatic rings. The molecule has 0 spiro atoms. The quantitative estimate of drug-likeness (QED) is 0.663. The van der Waals surface area contributed by atoms with E-state index in [0.717, 1.165) is 5.56 Å². The summed E-state index contributed by atoms with van der Waals surface area (Å²) < 4.78 is 37.9. The molecule has 1 unspecified atom stereocenters.